The Morgan fingerprint density at radius 2 is 1.74 bits per heavy atom. The van der Waals surface area contributed by atoms with E-state index in [1.807, 2.05) is 12.1 Å². The van der Waals surface area contributed by atoms with Gasteiger partial charge in [-0.15, -0.1) is 0 Å². The van der Waals surface area contributed by atoms with Crippen LogP contribution in [0.2, 0.25) is 0 Å². The highest BCUT2D eigenvalue weighted by atomic mass is 16.5. The van der Waals surface area contributed by atoms with Crippen LogP contribution in [0.25, 0.3) is 0 Å². The highest BCUT2D eigenvalue weighted by Gasteiger charge is 2.64. The molecule has 1 saturated carbocycles. The Balaban J connectivity index is 1.98. The molecule has 1 aromatic rings. The van der Waals surface area contributed by atoms with Crippen LogP contribution in [0.4, 0.5) is 0 Å². The van der Waals surface area contributed by atoms with Gasteiger partial charge in [-0.3, -0.25) is 0 Å². The van der Waals surface area contributed by atoms with Crippen LogP contribution in [0.15, 0.2) is 24.3 Å². The normalized spacial score (nSPS) is 22.0. The van der Waals surface area contributed by atoms with E-state index in [-0.39, 0.29) is 0 Å². The molecule has 0 saturated heterocycles. The minimum absolute atomic E-state index is 0.391. The number of ether oxygens (including phenoxy) is 1. The average Bonchev–Trinajstić information content (AvgIpc) is 2.72. The van der Waals surface area contributed by atoms with Gasteiger partial charge in [-0.1, -0.05) is 45.9 Å². The molecule has 1 aliphatic rings. The Morgan fingerprint density at radius 3 is 2.26 bits per heavy atom. The summed E-state index contributed by atoms with van der Waals surface area (Å²) in [5.74, 6) is 0.991. The smallest absolute Gasteiger partial charge is 0.122 e. The molecule has 106 valence electrons. The lowest BCUT2D eigenvalue weighted by molar-refractivity contribution is 0.404. The molecule has 1 unspecified atom stereocenters. The van der Waals surface area contributed by atoms with E-state index >= 15 is 0 Å². The first-order valence-electron chi connectivity index (χ1n) is 7.18. The Labute approximate surface area is 117 Å². The van der Waals surface area contributed by atoms with Crippen molar-refractivity contribution >= 4 is 0 Å². The molecule has 19 heavy (non-hydrogen) atoms. The number of benzene rings is 1. The number of para-hydroxylation sites is 1. The first-order chi connectivity index (χ1) is 8.80. The topological polar surface area (TPSA) is 21.3 Å². The third-order valence-corrected chi connectivity index (χ3v) is 5.19. The van der Waals surface area contributed by atoms with Crippen molar-refractivity contribution in [1.29, 1.82) is 0 Å². The molecule has 2 heteroatoms. The van der Waals surface area contributed by atoms with Crippen molar-refractivity contribution in [3.8, 4) is 5.75 Å². The van der Waals surface area contributed by atoms with E-state index in [0.717, 1.165) is 12.2 Å². The van der Waals surface area contributed by atoms with Crippen molar-refractivity contribution in [2.24, 2.45) is 10.8 Å². The van der Waals surface area contributed by atoms with E-state index in [0.29, 0.717) is 22.9 Å². The van der Waals surface area contributed by atoms with Crippen molar-refractivity contribution in [3.63, 3.8) is 0 Å². The lowest BCUT2D eigenvalue weighted by atomic mass is 10.0. The zero-order valence-electron chi connectivity index (χ0n) is 13.1. The van der Waals surface area contributed by atoms with Crippen LogP contribution in [-0.2, 0) is 6.42 Å². The highest BCUT2D eigenvalue weighted by Crippen LogP contribution is 2.62. The average molecular weight is 261 g/mol. The van der Waals surface area contributed by atoms with E-state index in [1.54, 1.807) is 7.11 Å². The van der Waals surface area contributed by atoms with E-state index < -0.39 is 0 Å². The van der Waals surface area contributed by atoms with Crippen molar-refractivity contribution in [2.75, 3.05) is 7.11 Å². The van der Waals surface area contributed by atoms with Crippen LogP contribution in [-0.4, -0.2) is 19.2 Å². The number of methoxy groups -OCH3 is 1. The van der Waals surface area contributed by atoms with E-state index in [9.17, 15) is 0 Å². The minimum Gasteiger partial charge on any atom is -0.496 e. The van der Waals surface area contributed by atoms with Gasteiger partial charge in [0, 0.05) is 12.1 Å². The second kappa shape index (κ2) is 4.82. The van der Waals surface area contributed by atoms with Crippen molar-refractivity contribution in [2.45, 2.75) is 53.1 Å². The second-order valence-electron chi connectivity index (χ2n) is 6.96. The Bertz CT molecular complexity index is 436. The van der Waals surface area contributed by atoms with Crippen LogP contribution in [0, 0.1) is 10.8 Å². The van der Waals surface area contributed by atoms with Crippen LogP contribution in [0.5, 0.6) is 5.75 Å². The van der Waals surface area contributed by atoms with Crippen LogP contribution >= 0.6 is 0 Å². The summed E-state index contributed by atoms with van der Waals surface area (Å²) in [6.45, 7) is 11.7. The molecule has 1 atom stereocenters. The Hall–Kier alpha value is -1.02. The maximum absolute atomic E-state index is 5.42. The SMILES string of the molecule is COc1ccccc1CC(C)NC1C(C)(C)C1(C)C. The van der Waals surface area contributed by atoms with Crippen LogP contribution < -0.4 is 10.1 Å². The molecule has 0 aromatic heterocycles. The van der Waals surface area contributed by atoms with E-state index in [1.165, 1.54) is 5.56 Å². The van der Waals surface area contributed by atoms with Gasteiger partial charge in [-0.25, -0.2) is 0 Å². The molecular weight excluding hydrogens is 234 g/mol. The maximum atomic E-state index is 5.42. The van der Waals surface area contributed by atoms with Crippen LogP contribution in [0.1, 0.15) is 40.2 Å². The molecule has 0 heterocycles. The predicted octanol–water partition coefficient (Wildman–Crippen LogP) is 3.65. The van der Waals surface area contributed by atoms with Gasteiger partial charge < -0.3 is 10.1 Å². The maximum Gasteiger partial charge on any atom is 0.122 e. The molecular formula is C17H27NO. The van der Waals surface area contributed by atoms with Crippen molar-refractivity contribution in [1.82, 2.24) is 5.32 Å². The number of rotatable bonds is 5. The first kappa shape index (κ1) is 14.4. The molecule has 1 fully saturated rings. The lowest BCUT2D eigenvalue weighted by Crippen LogP contribution is -2.33. The molecule has 2 rings (SSSR count). The summed E-state index contributed by atoms with van der Waals surface area (Å²) >= 11 is 0. The molecule has 2 nitrogen and oxygen atoms in total. The van der Waals surface area contributed by atoms with Crippen molar-refractivity contribution in [3.05, 3.63) is 29.8 Å². The summed E-state index contributed by atoms with van der Waals surface area (Å²) in [7, 11) is 1.74. The summed E-state index contributed by atoms with van der Waals surface area (Å²) in [6, 6.07) is 9.35. The van der Waals surface area contributed by atoms with Gasteiger partial charge in [0.05, 0.1) is 7.11 Å². The monoisotopic (exact) mass is 261 g/mol. The molecule has 0 amide bonds. The van der Waals surface area contributed by atoms with Gasteiger partial charge in [-0.2, -0.15) is 0 Å². The summed E-state index contributed by atoms with van der Waals surface area (Å²) in [6.07, 6.45) is 1.01. The third-order valence-electron chi connectivity index (χ3n) is 5.19. The van der Waals surface area contributed by atoms with Gasteiger partial charge in [0.25, 0.3) is 0 Å². The minimum atomic E-state index is 0.391. The fourth-order valence-electron chi connectivity index (χ4n) is 3.16. The predicted molar refractivity (Wildman–Crippen MR) is 80.6 cm³/mol. The summed E-state index contributed by atoms with van der Waals surface area (Å²) in [4.78, 5) is 0. The fraction of sp³-hybridized carbons (Fsp3) is 0.647. The number of nitrogens with one attached hydrogen (secondary N) is 1. The summed E-state index contributed by atoms with van der Waals surface area (Å²) < 4.78 is 5.42. The van der Waals surface area contributed by atoms with Gasteiger partial charge >= 0.3 is 0 Å². The third kappa shape index (κ3) is 2.51. The van der Waals surface area contributed by atoms with Gasteiger partial charge in [0.1, 0.15) is 5.75 Å². The molecule has 1 aliphatic carbocycles. The van der Waals surface area contributed by atoms with Gasteiger partial charge in [0.2, 0.25) is 0 Å². The molecule has 0 spiro atoms. The van der Waals surface area contributed by atoms with Crippen LogP contribution in [0.3, 0.4) is 0 Å². The summed E-state index contributed by atoms with van der Waals surface area (Å²) in [5.41, 5.74) is 2.06. The van der Waals surface area contributed by atoms with E-state index in [2.05, 4.69) is 52.1 Å². The fourth-order valence-corrected chi connectivity index (χ4v) is 3.16. The summed E-state index contributed by atoms with van der Waals surface area (Å²) in [5, 5.41) is 3.78. The van der Waals surface area contributed by atoms with Crippen molar-refractivity contribution < 1.29 is 4.74 Å². The molecule has 0 radical (unpaired) electrons. The van der Waals surface area contributed by atoms with Gasteiger partial charge in [-0.05, 0) is 35.8 Å². The Morgan fingerprint density at radius 1 is 1.16 bits per heavy atom. The molecule has 1 aromatic carbocycles. The molecule has 0 bridgehead atoms. The molecule has 0 aliphatic heterocycles. The lowest BCUT2D eigenvalue weighted by Gasteiger charge is -2.17. The zero-order valence-corrected chi connectivity index (χ0v) is 13.1. The van der Waals surface area contributed by atoms with Gasteiger partial charge in [0.15, 0.2) is 0 Å². The quantitative estimate of drug-likeness (QED) is 0.873. The standard InChI is InChI=1S/C17H27NO/c1-12(18-15-16(2,3)17(15,4)5)11-13-9-7-8-10-14(13)19-6/h7-10,12,15,18H,11H2,1-6H3. The Kier molecular flexibility index (Phi) is 3.65. The van der Waals surface area contributed by atoms with E-state index in [4.69, 9.17) is 4.74 Å². The second-order valence-corrected chi connectivity index (χ2v) is 6.96. The molecule has 1 N–H and O–H groups in total. The number of hydrogen-bond acceptors (Lipinski definition) is 2. The number of hydrogen-bond donors (Lipinski definition) is 1. The zero-order chi connectivity index (χ0) is 14.3. The largest absolute Gasteiger partial charge is 0.496 e. The first-order valence-corrected chi connectivity index (χ1v) is 7.18. The highest BCUT2D eigenvalue weighted by molar-refractivity contribution is 5.34.